The highest BCUT2D eigenvalue weighted by molar-refractivity contribution is 7.13. The fourth-order valence-electron chi connectivity index (χ4n) is 4.36. The molecule has 0 bridgehead atoms. The monoisotopic (exact) mass is 546 g/mol. The Hall–Kier alpha value is -3.58. The van der Waals surface area contributed by atoms with E-state index in [1.54, 1.807) is 25.3 Å². The first-order valence-electron chi connectivity index (χ1n) is 12.0. The lowest BCUT2D eigenvalue weighted by molar-refractivity contribution is -0.140. The van der Waals surface area contributed by atoms with Crippen LogP contribution in [0.1, 0.15) is 38.1 Å². The zero-order valence-corrected chi connectivity index (χ0v) is 21.7. The lowest BCUT2D eigenvalue weighted by atomic mass is 10.0. The molecule has 1 N–H and O–H groups in total. The average Bonchev–Trinajstić information content (AvgIpc) is 3.54. The van der Waals surface area contributed by atoms with Gasteiger partial charge >= 0.3 is 11.9 Å². The largest absolute Gasteiger partial charge is 0.474 e. The van der Waals surface area contributed by atoms with Crippen LogP contribution in [0.3, 0.4) is 0 Å². The van der Waals surface area contributed by atoms with Crippen molar-refractivity contribution in [3.05, 3.63) is 51.8 Å². The summed E-state index contributed by atoms with van der Waals surface area (Å²) in [7, 11) is 0. The number of aromatic amines is 1. The number of aromatic nitrogens is 5. The Morgan fingerprint density at radius 3 is 2.53 bits per heavy atom. The molecular weight excluding hydrogens is 521 g/mol. The number of thiazole rings is 1. The topological polar surface area (TPSA) is 110 Å². The molecule has 5 rings (SSSR count). The minimum Gasteiger partial charge on any atom is -0.474 e. The van der Waals surface area contributed by atoms with Gasteiger partial charge in [0.15, 0.2) is 5.69 Å². The molecule has 5 heterocycles. The van der Waals surface area contributed by atoms with Gasteiger partial charge in [0.2, 0.25) is 5.88 Å². The van der Waals surface area contributed by atoms with E-state index in [-0.39, 0.29) is 17.0 Å². The van der Waals surface area contributed by atoms with Gasteiger partial charge in [0.25, 0.3) is 5.89 Å². The first kappa shape index (κ1) is 26.0. The van der Waals surface area contributed by atoms with Gasteiger partial charge in [-0.05, 0) is 45.7 Å². The molecule has 0 aliphatic carbocycles. The highest BCUT2D eigenvalue weighted by atomic mass is 32.1. The Labute approximate surface area is 219 Å². The summed E-state index contributed by atoms with van der Waals surface area (Å²) in [5.41, 5.74) is 1.46. The fraction of sp³-hybridized carbons (Fsp3) is 0.400. The molecule has 38 heavy (non-hydrogen) atoms. The number of halogens is 3. The second-order valence-corrected chi connectivity index (χ2v) is 10.2. The molecule has 0 amide bonds. The number of piperidine rings is 1. The minimum absolute atomic E-state index is 0.0239. The van der Waals surface area contributed by atoms with Crippen molar-refractivity contribution >= 4 is 11.3 Å². The van der Waals surface area contributed by atoms with Gasteiger partial charge in [0, 0.05) is 59.3 Å². The molecule has 0 aromatic carbocycles. The van der Waals surface area contributed by atoms with Crippen LogP contribution in [0, 0.1) is 6.92 Å². The number of rotatable bonds is 6. The van der Waals surface area contributed by atoms with Gasteiger partial charge in [-0.1, -0.05) is 0 Å². The summed E-state index contributed by atoms with van der Waals surface area (Å²) in [6.45, 7) is 7.82. The highest BCUT2D eigenvalue weighted by Gasteiger charge is 2.34. The van der Waals surface area contributed by atoms with Crippen LogP contribution in [0.25, 0.3) is 33.2 Å². The van der Waals surface area contributed by atoms with Crippen LogP contribution in [0.5, 0.6) is 5.88 Å². The van der Waals surface area contributed by atoms with Crippen LogP contribution < -0.4 is 10.5 Å². The molecular formula is C25H25F3N6O3S. The van der Waals surface area contributed by atoms with Crippen LogP contribution in [0.2, 0.25) is 0 Å². The third kappa shape index (κ3) is 5.48. The van der Waals surface area contributed by atoms with Gasteiger partial charge in [0.05, 0.1) is 5.56 Å². The van der Waals surface area contributed by atoms with Gasteiger partial charge in [-0.2, -0.15) is 13.2 Å². The maximum Gasteiger partial charge on any atom is 0.434 e. The summed E-state index contributed by atoms with van der Waals surface area (Å²) < 4.78 is 51.4. The number of hydrogen-bond donors (Lipinski definition) is 1. The summed E-state index contributed by atoms with van der Waals surface area (Å²) in [6, 6.07) is 3.80. The SMILES string of the molecule is Cc1cc(-c2nc(C(F)(F)F)cs2)c(-c2cc(-c3n[nH]c(=O)o3)cnc2OC2CCN(C(C)C)CC2)cn1. The van der Waals surface area contributed by atoms with Crippen molar-refractivity contribution in [2.24, 2.45) is 0 Å². The summed E-state index contributed by atoms with van der Waals surface area (Å²) in [6.07, 6.45) is -0.00702. The lowest BCUT2D eigenvalue weighted by Crippen LogP contribution is -2.41. The van der Waals surface area contributed by atoms with E-state index in [9.17, 15) is 18.0 Å². The molecule has 1 saturated heterocycles. The first-order chi connectivity index (χ1) is 18.1. The van der Waals surface area contributed by atoms with Crippen molar-refractivity contribution in [1.29, 1.82) is 0 Å². The molecule has 0 saturated carbocycles. The van der Waals surface area contributed by atoms with E-state index in [0.717, 1.165) is 42.6 Å². The smallest absolute Gasteiger partial charge is 0.434 e. The van der Waals surface area contributed by atoms with E-state index in [2.05, 4.69) is 43.9 Å². The Morgan fingerprint density at radius 2 is 1.89 bits per heavy atom. The molecule has 13 heteroatoms. The molecule has 200 valence electrons. The van der Waals surface area contributed by atoms with Crippen LogP contribution in [-0.2, 0) is 6.18 Å². The summed E-state index contributed by atoms with van der Waals surface area (Å²) >= 11 is 0.893. The number of pyridine rings is 2. The lowest BCUT2D eigenvalue weighted by Gasteiger charge is -2.34. The highest BCUT2D eigenvalue weighted by Crippen LogP contribution is 2.41. The standard InChI is InChI=1S/C25H25F3N6O3S/c1-13(2)34-6-4-16(5-7-34)36-22-17(9-15(10-30-22)21-32-33-24(35)37-21)19-11-29-14(3)8-18(19)23-31-20(12-38-23)25(26,27)28/h8-13,16H,4-7H2,1-3H3,(H,33,35). The second-order valence-electron chi connectivity index (χ2n) is 9.35. The van der Waals surface area contributed by atoms with Crippen molar-refractivity contribution in [2.75, 3.05) is 13.1 Å². The number of hydrogen-bond acceptors (Lipinski definition) is 9. The molecule has 1 aliphatic rings. The number of ether oxygens (including phenoxy) is 1. The fourth-order valence-corrected chi connectivity index (χ4v) is 5.21. The van der Waals surface area contributed by atoms with Gasteiger partial charge in [-0.25, -0.2) is 19.9 Å². The number of alkyl halides is 3. The average molecular weight is 547 g/mol. The molecule has 0 spiro atoms. The third-order valence-electron chi connectivity index (χ3n) is 6.38. The Kier molecular flexibility index (Phi) is 7.05. The first-order valence-corrected chi connectivity index (χ1v) is 12.9. The molecule has 4 aromatic rings. The van der Waals surface area contributed by atoms with E-state index < -0.39 is 17.6 Å². The van der Waals surface area contributed by atoms with E-state index >= 15 is 0 Å². The number of H-pyrrole nitrogens is 1. The Bertz CT molecular complexity index is 1490. The zero-order chi connectivity index (χ0) is 27.0. The summed E-state index contributed by atoms with van der Waals surface area (Å²) in [5, 5.41) is 7.27. The number of aryl methyl sites for hydroxylation is 1. The van der Waals surface area contributed by atoms with Crippen LogP contribution in [0.4, 0.5) is 13.2 Å². The van der Waals surface area contributed by atoms with Crippen molar-refractivity contribution in [3.63, 3.8) is 0 Å². The van der Waals surface area contributed by atoms with Crippen LogP contribution >= 0.6 is 11.3 Å². The zero-order valence-electron chi connectivity index (χ0n) is 20.9. The van der Waals surface area contributed by atoms with Crippen LogP contribution in [0.15, 0.2) is 39.1 Å². The predicted molar refractivity (Wildman–Crippen MR) is 135 cm³/mol. The molecule has 0 unspecified atom stereocenters. The van der Waals surface area contributed by atoms with Crippen molar-refractivity contribution in [3.8, 4) is 39.0 Å². The molecule has 0 radical (unpaired) electrons. The number of nitrogens with one attached hydrogen (secondary N) is 1. The summed E-state index contributed by atoms with van der Waals surface area (Å²) in [5.74, 6) is -0.399. The molecule has 4 aromatic heterocycles. The van der Waals surface area contributed by atoms with E-state index in [4.69, 9.17) is 9.15 Å². The van der Waals surface area contributed by atoms with Crippen molar-refractivity contribution in [1.82, 2.24) is 30.0 Å². The Balaban J connectivity index is 1.59. The maximum atomic E-state index is 13.3. The van der Waals surface area contributed by atoms with Gasteiger partial charge in [0.1, 0.15) is 11.1 Å². The Morgan fingerprint density at radius 1 is 1.13 bits per heavy atom. The van der Waals surface area contributed by atoms with Gasteiger partial charge in [-0.15, -0.1) is 16.4 Å². The normalized spacial score (nSPS) is 15.3. The summed E-state index contributed by atoms with van der Waals surface area (Å²) in [4.78, 5) is 26.7. The van der Waals surface area contributed by atoms with E-state index in [1.165, 1.54) is 6.20 Å². The predicted octanol–water partition coefficient (Wildman–Crippen LogP) is 5.19. The molecule has 1 aliphatic heterocycles. The second kappa shape index (κ2) is 10.3. The molecule has 9 nitrogen and oxygen atoms in total. The number of nitrogens with zero attached hydrogens (tertiary/aromatic N) is 5. The van der Waals surface area contributed by atoms with Crippen LogP contribution in [-0.4, -0.2) is 55.3 Å². The minimum atomic E-state index is -4.56. The maximum absolute atomic E-state index is 13.3. The molecule has 0 atom stereocenters. The molecule has 1 fully saturated rings. The van der Waals surface area contributed by atoms with Crippen molar-refractivity contribution < 1.29 is 22.3 Å². The third-order valence-corrected chi connectivity index (χ3v) is 7.25. The number of likely N-dealkylation sites (tertiary alicyclic amines) is 1. The van der Waals surface area contributed by atoms with Gasteiger partial charge < -0.3 is 14.1 Å². The van der Waals surface area contributed by atoms with E-state index in [0.29, 0.717) is 39.9 Å². The van der Waals surface area contributed by atoms with Gasteiger partial charge in [-0.3, -0.25) is 4.98 Å². The van der Waals surface area contributed by atoms with Crippen molar-refractivity contribution in [2.45, 2.75) is 51.9 Å². The van der Waals surface area contributed by atoms with E-state index in [1.807, 2.05) is 0 Å². The quantitative estimate of drug-likeness (QED) is 0.352.